The third-order valence-electron chi connectivity index (χ3n) is 2.58. The lowest BCUT2D eigenvalue weighted by Gasteiger charge is -2.11. The smallest absolute Gasteiger partial charge is 0.341 e. The van der Waals surface area contributed by atoms with Gasteiger partial charge in [0.25, 0.3) is 0 Å². The predicted octanol–water partition coefficient (Wildman–Crippen LogP) is 1.63. The first-order chi connectivity index (χ1) is 8.51. The van der Waals surface area contributed by atoms with E-state index in [1.165, 1.54) is 25.3 Å². The van der Waals surface area contributed by atoms with Crippen molar-refractivity contribution in [3.63, 3.8) is 0 Å². The summed E-state index contributed by atoms with van der Waals surface area (Å²) in [5, 5.41) is 1.09. The molecule has 0 atom stereocenters. The van der Waals surface area contributed by atoms with Gasteiger partial charge >= 0.3 is 5.97 Å². The first-order valence-corrected chi connectivity index (χ1v) is 6.87. The highest BCUT2D eigenvalue weighted by molar-refractivity contribution is 7.94. The van der Waals surface area contributed by atoms with Crippen molar-refractivity contribution in [1.82, 2.24) is 0 Å². The van der Waals surface area contributed by atoms with Crippen LogP contribution in [0.4, 0.5) is 0 Å². The van der Waals surface area contributed by atoms with Gasteiger partial charge in [-0.2, -0.15) is 0 Å². The Kier molecular flexibility index (Phi) is 3.13. The molecule has 0 radical (unpaired) electrons. The Balaban J connectivity index is 2.61. The zero-order chi connectivity index (χ0) is 13.3. The van der Waals surface area contributed by atoms with Crippen LogP contribution < -0.4 is 4.74 Å². The summed E-state index contributed by atoms with van der Waals surface area (Å²) in [6, 6.07) is 2.79. The third-order valence-corrected chi connectivity index (χ3v) is 4.04. The Morgan fingerprint density at radius 1 is 1.33 bits per heavy atom. The summed E-state index contributed by atoms with van der Waals surface area (Å²) in [7, 11) is -2.02. The van der Waals surface area contributed by atoms with Crippen LogP contribution in [0.25, 0.3) is 6.08 Å². The molecule has 1 aromatic rings. The Morgan fingerprint density at radius 2 is 2.06 bits per heavy atom. The Bertz CT molecular complexity index is 628. The second-order valence-electron chi connectivity index (χ2n) is 3.63. The van der Waals surface area contributed by atoms with Crippen molar-refractivity contribution in [1.29, 1.82) is 0 Å². The van der Waals surface area contributed by atoms with Crippen molar-refractivity contribution < 1.29 is 22.7 Å². The Hall–Kier alpha value is -1.82. The molecule has 2 rings (SSSR count). The first-order valence-electron chi connectivity index (χ1n) is 5.32. The van der Waals surface area contributed by atoms with Crippen LogP contribution in [0.1, 0.15) is 22.8 Å². The number of hydrogen-bond acceptors (Lipinski definition) is 5. The van der Waals surface area contributed by atoms with Gasteiger partial charge in [0.15, 0.2) is 0 Å². The quantitative estimate of drug-likeness (QED) is 0.779. The van der Waals surface area contributed by atoms with Crippen LogP contribution in [0.15, 0.2) is 22.4 Å². The zero-order valence-electron chi connectivity index (χ0n) is 9.97. The largest absolute Gasteiger partial charge is 0.495 e. The van der Waals surface area contributed by atoms with Gasteiger partial charge < -0.3 is 9.47 Å². The van der Waals surface area contributed by atoms with Crippen molar-refractivity contribution in [3.8, 4) is 5.75 Å². The molecule has 1 heterocycles. The van der Waals surface area contributed by atoms with E-state index in [-0.39, 0.29) is 22.8 Å². The summed E-state index contributed by atoms with van der Waals surface area (Å²) in [5.41, 5.74) is 0.614. The van der Waals surface area contributed by atoms with Gasteiger partial charge in [-0.25, -0.2) is 13.2 Å². The summed E-state index contributed by atoms with van der Waals surface area (Å²) in [5.74, 6) is -0.307. The van der Waals surface area contributed by atoms with E-state index in [1.807, 2.05) is 0 Å². The molecule has 96 valence electrons. The second kappa shape index (κ2) is 4.45. The van der Waals surface area contributed by atoms with Crippen LogP contribution >= 0.6 is 0 Å². The van der Waals surface area contributed by atoms with Gasteiger partial charge in [-0.05, 0) is 25.1 Å². The highest BCUT2D eigenvalue weighted by atomic mass is 32.2. The molecular weight excluding hydrogens is 256 g/mol. The SMILES string of the molecule is CCOC(=O)c1ccc2c(c1OC)C=CS2(=O)=O. The number of benzene rings is 1. The molecule has 0 fully saturated rings. The number of esters is 1. The summed E-state index contributed by atoms with van der Waals surface area (Å²) in [4.78, 5) is 11.9. The van der Waals surface area contributed by atoms with Gasteiger partial charge in [-0.1, -0.05) is 0 Å². The summed E-state index contributed by atoms with van der Waals surface area (Å²) in [6.07, 6.45) is 1.42. The molecule has 5 nitrogen and oxygen atoms in total. The minimum atomic E-state index is -3.41. The number of sulfone groups is 1. The molecule has 18 heavy (non-hydrogen) atoms. The predicted molar refractivity (Wildman–Crippen MR) is 65.2 cm³/mol. The van der Waals surface area contributed by atoms with Crippen molar-refractivity contribution in [2.75, 3.05) is 13.7 Å². The summed E-state index contributed by atoms with van der Waals surface area (Å²) < 4.78 is 33.4. The lowest BCUT2D eigenvalue weighted by molar-refractivity contribution is 0.0522. The molecule has 1 aromatic carbocycles. The molecule has 0 amide bonds. The summed E-state index contributed by atoms with van der Waals surface area (Å²) in [6.45, 7) is 1.94. The third kappa shape index (κ3) is 1.88. The van der Waals surface area contributed by atoms with Crippen LogP contribution in [0, 0.1) is 0 Å². The molecule has 0 aromatic heterocycles. The molecule has 0 aliphatic carbocycles. The maximum Gasteiger partial charge on any atom is 0.341 e. The minimum Gasteiger partial charge on any atom is -0.495 e. The van der Waals surface area contributed by atoms with E-state index in [0.29, 0.717) is 5.56 Å². The minimum absolute atomic E-state index is 0.146. The standard InChI is InChI=1S/C12H12O5S/c1-3-17-12(13)9-4-5-10-8(11(9)16-2)6-7-18(10,14)15/h4-7H,3H2,1-2H3. The second-order valence-corrected chi connectivity index (χ2v) is 5.43. The highest BCUT2D eigenvalue weighted by Crippen LogP contribution is 2.36. The average Bonchev–Trinajstić information content (AvgIpc) is 2.64. The number of carbonyl (C=O) groups excluding carboxylic acids is 1. The maximum atomic E-state index is 11.7. The average molecular weight is 268 g/mol. The molecule has 0 N–H and O–H groups in total. The topological polar surface area (TPSA) is 69.7 Å². The van der Waals surface area contributed by atoms with E-state index in [1.54, 1.807) is 6.92 Å². The molecule has 1 aliphatic heterocycles. The van der Waals surface area contributed by atoms with Gasteiger partial charge in [0.2, 0.25) is 9.84 Å². The van der Waals surface area contributed by atoms with Gasteiger partial charge in [0.05, 0.1) is 18.6 Å². The van der Waals surface area contributed by atoms with E-state index >= 15 is 0 Å². The summed E-state index contributed by atoms with van der Waals surface area (Å²) >= 11 is 0. The molecule has 6 heteroatoms. The number of carbonyl (C=O) groups is 1. The number of fused-ring (bicyclic) bond motifs is 1. The van der Waals surface area contributed by atoms with Crippen molar-refractivity contribution in [2.24, 2.45) is 0 Å². The number of methoxy groups -OCH3 is 1. The maximum absolute atomic E-state index is 11.7. The lowest BCUT2D eigenvalue weighted by atomic mass is 10.1. The van der Waals surface area contributed by atoms with Gasteiger partial charge in [0.1, 0.15) is 11.3 Å². The van der Waals surface area contributed by atoms with Crippen molar-refractivity contribution >= 4 is 21.9 Å². The number of rotatable bonds is 3. The van der Waals surface area contributed by atoms with Crippen LogP contribution in [-0.2, 0) is 14.6 Å². The molecule has 0 bridgehead atoms. The molecule has 0 unspecified atom stereocenters. The van der Waals surface area contributed by atoms with Crippen LogP contribution in [0.3, 0.4) is 0 Å². The lowest BCUT2D eigenvalue weighted by Crippen LogP contribution is -2.08. The fraction of sp³-hybridized carbons (Fsp3) is 0.250. The van der Waals surface area contributed by atoms with E-state index < -0.39 is 15.8 Å². The van der Waals surface area contributed by atoms with E-state index in [2.05, 4.69) is 0 Å². The Morgan fingerprint density at radius 3 is 2.67 bits per heavy atom. The molecule has 0 spiro atoms. The number of ether oxygens (including phenoxy) is 2. The normalized spacial score (nSPS) is 15.2. The first kappa shape index (κ1) is 12.6. The molecule has 1 aliphatic rings. The zero-order valence-corrected chi connectivity index (χ0v) is 10.8. The van der Waals surface area contributed by atoms with Gasteiger partial charge in [-0.3, -0.25) is 0 Å². The van der Waals surface area contributed by atoms with E-state index in [4.69, 9.17) is 9.47 Å². The van der Waals surface area contributed by atoms with E-state index in [0.717, 1.165) is 5.41 Å². The molecule has 0 saturated heterocycles. The van der Waals surface area contributed by atoms with Crippen LogP contribution in [0.2, 0.25) is 0 Å². The van der Waals surface area contributed by atoms with Crippen molar-refractivity contribution in [2.45, 2.75) is 11.8 Å². The van der Waals surface area contributed by atoms with Gasteiger partial charge in [0, 0.05) is 11.0 Å². The van der Waals surface area contributed by atoms with Crippen LogP contribution in [0.5, 0.6) is 5.75 Å². The fourth-order valence-electron chi connectivity index (χ4n) is 1.81. The molecule has 0 saturated carbocycles. The monoisotopic (exact) mass is 268 g/mol. The number of hydrogen-bond donors (Lipinski definition) is 0. The van der Waals surface area contributed by atoms with E-state index in [9.17, 15) is 13.2 Å². The van der Waals surface area contributed by atoms with Crippen LogP contribution in [-0.4, -0.2) is 28.1 Å². The Labute approximate surface area is 105 Å². The fourth-order valence-corrected chi connectivity index (χ4v) is 2.99. The van der Waals surface area contributed by atoms with Gasteiger partial charge in [-0.15, -0.1) is 0 Å². The molecular formula is C12H12O5S. The van der Waals surface area contributed by atoms with Crippen molar-refractivity contribution in [3.05, 3.63) is 28.7 Å². The highest BCUT2D eigenvalue weighted by Gasteiger charge is 2.27.